The molecule has 1 aromatic heterocycles. The highest BCUT2D eigenvalue weighted by Gasteiger charge is 2.38. The first kappa shape index (κ1) is 25.0. The molecule has 6 rings (SSSR count). The molecule has 2 atom stereocenters. The number of nitrogens with one attached hydrogen (secondary N) is 3. The number of ether oxygens (including phenoxy) is 4. The fraction of sp³-hybridized carbons (Fsp3) is 0.296. The van der Waals surface area contributed by atoms with Crippen molar-refractivity contribution in [3.63, 3.8) is 0 Å². The van der Waals surface area contributed by atoms with E-state index in [1.54, 1.807) is 53.7 Å². The summed E-state index contributed by atoms with van der Waals surface area (Å²) in [6.45, 7) is 0.488. The molecule has 11 nitrogen and oxygen atoms in total. The number of amides is 3. The highest BCUT2D eigenvalue weighted by atomic mass is 16.5. The molecular formula is C27H28N4O7. The largest absolute Gasteiger partial charge is 0.497 e. The summed E-state index contributed by atoms with van der Waals surface area (Å²) in [5.41, 5.74) is 1.55. The molecule has 0 saturated carbocycles. The number of aromatic nitrogens is 1. The van der Waals surface area contributed by atoms with Crippen LogP contribution in [0.25, 0.3) is 0 Å². The quantitative estimate of drug-likeness (QED) is 0.480. The van der Waals surface area contributed by atoms with Crippen molar-refractivity contribution >= 4 is 17.7 Å². The number of nitrogens with zero attached hydrogens (tertiary/aromatic N) is 1. The maximum atomic E-state index is 13.3. The summed E-state index contributed by atoms with van der Waals surface area (Å²) in [5, 5.41) is 5.80. The molecule has 0 aliphatic carbocycles. The smallest absolute Gasteiger partial charge is 0.258 e. The molecule has 3 aliphatic heterocycles. The average Bonchev–Trinajstić information content (AvgIpc) is 3.61. The molecule has 38 heavy (non-hydrogen) atoms. The average molecular weight is 521 g/mol. The van der Waals surface area contributed by atoms with Crippen LogP contribution in [0.1, 0.15) is 26.3 Å². The van der Waals surface area contributed by atoms with E-state index in [0.717, 1.165) is 5.56 Å². The van der Waals surface area contributed by atoms with E-state index in [0.29, 0.717) is 28.6 Å². The molecular weight excluding hydrogens is 492 g/mol. The number of rotatable bonds is 3. The van der Waals surface area contributed by atoms with Gasteiger partial charge in [-0.15, -0.1) is 0 Å². The number of methoxy groups -OCH3 is 2. The fourth-order valence-electron chi connectivity index (χ4n) is 4.51. The minimum absolute atomic E-state index is 0.167. The number of H-pyrrole nitrogens is 1. The van der Waals surface area contributed by atoms with Crippen molar-refractivity contribution in [1.29, 1.82) is 0 Å². The zero-order chi connectivity index (χ0) is 26.6. The van der Waals surface area contributed by atoms with Gasteiger partial charge < -0.3 is 39.5 Å². The molecule has 3 aromatic rings. The molecule has 3 aliphatic rings. The van der Waals surface area contributed by atoms with Gasteiger partial charge in [-0.1, -0.05) is 0 Å². The zero-order valence-electron chi connectivity index (χ0n) is 21.0. The summed E-state index contributed by atoms with van der Waals surface area (Å²) < 4.78 is 22.8. The molecule has 0 unspecified atom stereocenters. The third-order valence-electron chi connectivity index (χ3n) is 6.48. The summed E-state index contributed by atoms with van der Waals surface area (Å²) >= 11 is 0. The first-order chi connectivity index (χ1) is 18.4. The van der Waals surface area contributed by atoms with Gasteiger partial charge in [-0.3, -0.25) is 14.4 Å². The molecule has 4 bridgehead atoms. The first-order valence-corrected chi connectivity index (χ1v) is 12.1. The maximum Gasteiger partial charge on any atom is 0.258 e. The van der Waals surface area contributed by atoms with Gasteiger partial charge >= 0.3 is 0 Å². The van der Waals surface area contributed by atoms with E-state index in [1.807, 2.05) is 0 Å². The standard InChI is InChI=1S/C27H28N4O7/c1-35-20-7-18-8-21(9-20)37-15-25(32)29-12-16-3-4-19(10-23(16)36-2)38-24-14-31(13-22(24)30-26(18)33)27(34)17-5-6-28-11-17/h3-11,22,24,28H,12-15H2,1-2H3,(H,29,32)(H,30,33)/t22-,24-/m0/s1. The summed E-state index contributed by atoms with van der Waals surface area (Å²) in [5.74, 6) is 0.837. The minimum Gasteiger partial charge on any atom is -0.497 e. The lowest BCUT2D eigenvalue weighted by atomic mass is 10.1. The predicted molar refractivity (Wildman–Crippen MR) is 136 cm³/mol. The Morgan fingerprint density at radius 3 is 2.66 bits per heavy atom. The van der Waals surface area contributed by atoms with Crippen molar-refractivity contribution in [2.45, 2.75) is 18.7 Å². The number of aromatic amines is 1. The molecule has 0 radical (unpaired) electrons. The number of hydrogen-bond acceptors (Lipinski definition) is 7. The van der Waals surface area contributed by atoms with Crippen molar-refractivity contribution in [2.24, 2.45) is 0 Å². The van der Waals surface area contributed by atoms with Crippen LogP contribution in [0.2, 0.25) is 0 Å². The minimum atomic E-state index is -0.533. The molecule has 2 aromatic carbocycles. The predicted octanol–water partition coefficient (Wildman–Crippen LogP) is 1.74. The van der Waals surface area contributed by atoms with Gasteiger partial charge in [0.1, 0.15) is 29.1 Å². The second kappa shape index (κ2) is 10.8. The van der Waals surface area contributed by atoms with Gasteiger partial charge in [0.15, 0.2) is 6.61 Å². The van der Waals surface area contributed by atoms with Gasteiger partial charge in [0, 0.05) is 48.7 Å². The number of carbonyl (C=O) groups excluding carboxylic acids is 3. The molecule has 3 N–H and O–H groups in total. The van der Waals surface area contributed by atoms with Crippen molar-refractivity contribution in [2.75, 3.05) is 33.9 Å². The van der Waals surface area contributed by atoms with Crippen LogP contribution in [0.3, 0.4) is 0 Å². The molecule has 1 saturated heterocycles. The highest BCUT2D eigenvalue weighted by molar-refractivity contribution is 5.96. The second-order valence-corrected chi connectivity index (χ2v) is 8.98. The van der Waals surface area contributed by atoms with Crippen LogP contribution in [0.15, 0.2) is 54.9 Å². The molecule has 3 amide bonds. The van der Waals surface area contributed by atoms with Crippen molar-refractivity contribution < 1.29 is 33.3 Å². The molecule has 0 spiro atoms. The van der Waals surface area contributed by atoms with E-state index >= 15 is 0 Å². The van der Waals surface area contributed by atoms with Crippen LogP contribution in [0, 0.1) is 0 Å². The Labute approximate surface area is 219 Å². The van der Waals surface area contributed by atoms with E-state index in [-0.39, 0.29) is 43.6 Å². The van der Waals surface area contributed by atoms with Gasteiger partial charge in [0.25, 0.3) is 17.7 Å². The summed E-state index contributed by atoms with van der Waals surface area (Å²) in [7, 11) is 3.01. The van der Waals surface area contributed by atoms with E-state index < -0.39 is 18.1 Å². The van der Waals surface area contributed by atoms with Crippen LogP contribution < -0.4 is 29.6 Å². The normalized spacial score (nSPS) is 19.4. The van der Waals surface area contributed by atoms with Gasteiger partial charge in [-0.2, -0.15) is 0 Å². The second-order valence-electron chi connectivity index (χ2n) is 8.98. The van der Waals surface area contributed by atoms with E-state index in [4.69, 9.17) is 18.9 Å². The summed E-state index contributed by atoms with van der Waals surface area (Å²) in [6.07, 6.45) is 2.78. The van der Waals surface area contributed by atoms with Crippen LogP contribution >= 0.6 is 0 Å². The van der Waals surface area contributed by atoms with E-state index in [1.165, 1.54) is 20.3 Å². The number of hydrogen-bond donors (Lipinski definition) is 3. The SMILES string of the molecule is COc1cc2cc(c1)C(=O)N[C@H]1CN(C(=O)c3cc[nH]c3)C[C@@H]1Oc1ccc(c(OC)c1)CNC(=O)CO2. The van der Waals surface area contributed by atoms with Crippen LogP contribution in [0.4, 0.5) is 0 Å². The number of benzene rings is 2. The lowest BCUT2D eigenvalue weighted by molar-refractivity contribution is -0.123. The Balaban J connectivity index is 1.49. The molecule has 198 valence electrons. The number of likely N-dealkylation sites (tertiary alicyclic amines) is 1. The third kappa shape index (κ3) is 5.36. The van der Waals surface area contributed by atoms with Crippen molar-refractivity contribution in [3.05, 3.63) is 71.5 Å². The molecule has 11 heteroatoms. The van der Waals surface area contributed by atoms with Gasteiger partial charge in [-0.25, -0.2) is 0 Å². The summed E-state index contributed by atoms with van der Waals surface area (Å²) in [4.78, 5) is 43.4. The van der Waals surface area contributed by atoms with Crippen LogP contribution in [-0.4, -0.2) is 73.7 Å². The van der Waals surface area contributed by atoms with Crippen LogP contribution in [0.5, 0.6) is 23.0 Å². The molecule has 1 fully saturated rings. The van der Waals surface area contributed by atoms with E-state index in [9.17, 15) is 14.4 Å². The monoisotopic (exact) mass is 520 g/mol. The maximum absolute atomic E-state index is 13.3. The van der Waals surface area contributed by atoms with Gasteiger partial charge in [0.05, 0.1) is 32.4 Å². The molecule has 4 heterocycles. The fourth-order valence-corrected chi connectivity index (χ4v) is 4.51. The lowest BCUT2D eigenvalue weighted by Gasteiger charge is -2.22. The Bertz CT molecular complexity index is 1340. The Kier molecular flexibility index (Phi) is 7.07. The van der Waals surface area contributed by atoms with E-state index in [2.05, 4.69) is 15.6 Å². The zero-order valence-corrected chi connectivity index (χ0v) is 21.0. The summed E-state index contributed by atoms with van der Waals surface area (Å²) in [6, 6.07) is 11.2. The highest BCUT2D eigenvalue weighted by Crippen LogP contribution is 2.28. The Hall–Kier alpha value is -4.67. The van der Waals surface area contributed by atoms with Crippen LogP contribution in [-0.2, 0) is 11.3 Å². The first-order valence-electron chi connectivity index (χ1n) is 12.1. The van der Waals surface area contributed by atoms with Crippen molar-refractivity contribution in [1.82, 2.24) is 20.5 Å². The third-order valence-corrected chi connectivity index (χ3v) is 6.48. The Morgan fingerprint density at radius 1 is 1.03 bits per heavy atom. The lowest BCUT2D eigenvalue weighted by Crippen LogP contribution is -2.45. The van der Waals surface area contributed by atoms with Crippen molar-refractivity contribution in [3.8, 4) is 23.0 Å². The number of carbonyl (C=O) groups is 3. The topological polar surface area (TPSA) is 131 Å². The van der Waals surface area contributed by atoms with Gasteiger partial charge in [-0.05, 0) is 30.3 Å². The van der Waals surface area contributed by atoms with Gasteiger partial charge in [0.2, 0.25) is 0 Å². The number of fused-ring (bicyclic) bond motifs is 7. The Morgan fingerprint density at radius 2 is 1.89 bits per heavy atom.